The first kappa shape index (κ1) is 15.4. The third kappa shape index (κ3) is 6.36. The summed E-state index contributed by atoms with van der Waals surface area (Å²) in [4.78, 5) is 13.8. The van der Waals surface area contributed by atoms with Crippen LogP contribution < -0.4 is 10.6 Å². The van der Waals surface area contributed by atoms with Crippen molar-refractivity contribution in [3.63, 3.8) is 0 Å². The molecule has 0 aromatic heterocycles. The molecule has 0 aromatic rings. The van der Waals surface area contributed by atoms with Crippen molar-refractivity contribution in [3.8, 4) is 0 Å². The minimum atomic E-state index is 0.184. The Kier molecular flexibility index (Phi) is 8.01. The van der Waals surface area contributed by atoms with E-state index in [1.165, 1.54) is 19.3 Å². The molecule has 1 aliphatic rings. The summed E-state index contributed by atoms with van der Waals surface area (Å²) in [7, 11) is 0. The largest absolute Gasteiger partial charge is 0.356 e. The molecule has 2 N–H and O–H groups in total. The Bertz CT molecular complexity index is 225. The maximum Gasteiger partial charge on any atom is 0.221 e. The zero-order chi connectivity index (χ0) is 13.2. The fourth-order valence-electron chi connectivity index (χ4n) is 2.44. The summed E-state index contributed by atoms with van der Waals surface area (Å²) < 4.78 is 0. The van der Waals surface area contributed by atoms with Crippen molar-refractivity contribution in [1.82, 2.24) is 15.5 Å². The van der Waals surface area contributed by atoms with E-state index >= 15 is 0 Å². The number of rotatable bonds is 8. The molecule has 106 valence electrons. The molecule has 1 heterocycles. The zero-order valence-electron chi connectivity index (χ0n) is 12.0. The fourth-order valence-corrected chi connectivity index (χ4v) is 2.44. The fraction of sp³-hybridized carbons (Fsp3) is 0.929. The third-order valence-electron chi connectivity index (χ3n) is 3.60. The molecular weight excluding hydrogens is 226 g/mol. The average molecular weight is 255 g/mol. The van der Waals surface area contributed by atoms with Gasteiger partial charge in [0.15, 0.2) is 0 Å². The number of nitrogens with zero attached hydrogens (tertiary/aromatic N) is 1. The van der Waals surface area contributed by atoms with E-state index in [2.05, 4.69) is 22.5 Å². The molecule has 0 radical (unpaired) electrons. The second kappa shape index (κ2) is 9.34. The molecule has 4 nitrogen and oxygen atoms in total. The van der Waals surface area contributed by atoms with E-state index in [-0.39, 0.29) is 5.91 Å². The molecule has 1 saturated heterocycles. The van der Waals surface area contributed by atoms with Gasteiger partial charge in [-0.25, -0.2) is 0 Å². The number of hydrogen-bond acceptors (Lipinski definition) is 3. The maximum atomic E-state index is 11.4. The van der Waals surface area contributed by atoms with E-state index in [4.69, 9.17) is 0 Å². The van der Waals surface area contributed by atoms with Crippen LogP contribution in [-0.2, 0) is 4.79 Å². The van der Waals surface area contributed by atoms with Gasteiger partial charge < -0.3 is 15.5 Å². The van der Waals surface area contributed by atoms with Crippen LogP contribution in [0.1, 0.15) is 39.5 Å². The Morgan fingerprint density at radius 3 is 2.61 bits per heavy atom. The topological polar surface area (TPSA) is 44.4 Å². The highest BCUT2D eigenvalue weighted by molar-refractivity contribution is 5.75. The smallest absolute Gasteiger partial charge is 0.221 e. The Morgan fingerprint density at radius 1 is 1.28 bits per heavy atom. The van der Waals surface area contributed by atoms with Gasteiger partial charge in [0.2, 0.25) is 5.91 Å². The molecule has 0 saturated carbocycles. The SMILES string of the molecule is CCCNCC1CCN(CCC(=O)NCC)CC1. The lowest BCUT2D eigenvalue weighted by Crippen LogP contribution is -2.39. The minimum absolute atomic E-state index is 0.184. The number of carbonyl (C=O) groups excluding carboxylic acids is 1. The lowest BCUT2D eigenvalue weighted by molar-refractivity contribution is -0.121. The van der Waals surface area contributed by atoms with Gasteiger partial charge in [-0.3, -0.25) is 4.79 Å². The van der Waals surface area contributed by atoms with Gasteiger partial charge in [-0.15, -0.1) is 0 Å². The summed E-state index contributed by atoms with van der Waals surface area (Å²) in [6, 6.07) is 0. The van der Waals surface area contributed by atoms with E-state index in [0.29, 0.717) is 6.42 Å². The number of amides is 1. The van der Waals surface area contributed by atoms with Crippen LogP contribution in [0.2, 0.25) is 0 Å². The zero-order valence-corrected chi connectivity index (χ0v) is 12.0. The molecule has 18 heavy (non-hydrogen) atoms. The van der Waals surface area contributed by atoms with Crippen LogP contribution in [0, 0.1) is 5.92 Å². The molecule has 1 aliphatic heterocycles. The molecule has 0 bridgehead atoms. The van der Waals surface area contributed by atoms with Crippen LogP contribution in [0.4, 0.5) is 0 Å². The first-order valence-corrected chi connectivity index (χ1v) is 7.46. The molecule has 1 fully saturated rings. The molecule has 1 rings (SSSR count). The van der Waals surface area contributed by atoms with Crippen molar-refractivity contribution < 1.29 is 4.79 Å². The van der Waals surface area contributed by atoms with E-state index < -0.39 is 0 Å². The minimum Gasteiger partial charge on any atom is -0.356 e. The van der Waals surface area contributed by atoms with Gasteiger partial charge in [-0.2, -0.15) is 0 Å². The highest BCUT2D eigenvalue weighted by Crippen LogP contribution is 2.16. The Balaban J connectivity index is 2.06. The van der Waals surface area contributed by atoms with Crippen molar-refractivity contribution in [3.05, 3.63) is 0 Å². The van der Waals surface area contributed by atoms with E-state index in [1.54, 1.807) is 0 Å². The van der Waals surface area contributed by atoms with E-state index in [0.717, 1.165) is 45.2 Å². The Labute approximate surface area is 111 Å². The van der Waals surface area contributed by atoms with Gasteiger partial charge in [0.05, 0.1) is 0 Å². The predicted molar refractivity (Wildman–Crippen MR) is 75.6 cm³/mol. The molecule has 0 aromatic carbocycles. The molecule has 0 unspecified atom stereocenters. The number of carbonyl (C=O) groups is 1. The van der Waals surface area contributed by atoms with Gasteiger partial charge in [-0.1, -0.05) is 6.92 Å². The molecule has 0 spiro atoms. The normalized spacial score (nSPS) is 17.9. The van der Waals surface area contributed by atoms with Crippen LogP contribution in [0.3, 0.4) is 0 Å². The first-order valence-electron chi connectivity index (χ1n) is 7.46. The lowest BCUT2D eigenvalue weighted by atomic mass is 9.96. The van der Waals surface area contributed by atoms with Crippen LogP contribution >= 0.6 is 0 Å². The number of likely N-dealkylation sites (tertiary alicyclic amines) is 1. The molecule has 0 aliphatic carbocycles. The van der Waals surface area contributed by atoms with Gasteiger partial charge in [0.1, 0.15) is 0 Å². The number of piperidine rings is 1. The average Bonchev–Trinajstić information content (AvgIpc) is 2.38. The summed E-state index contributed by atoms with van der Waals surface area (Å²) >= 11 is 0. The second-order valence-electron chi connectivity index (χ2n) is 5.19. The summed E-state index contributed by atoms with van der Waals surface area (Å²) in [5.74, 6) is 1.02. The summed E-state index contributed by atoms with van der Waals surface area (Å²) in [5.41, 5.74) is 0. The quantitative estimate of drug-likeness (QED) is 0.641. The monoisotopic (exact) mass is 255 g/mol. The van der Waals surface area contributed by atoms with Gasteiger partial charge in [0, 0.05) is 19.5 Å². The van der Waals surface area contributed by atoms with Crippen molar-refractivity contribution in [2.75, 3.05) is 39.3 Å². The van der Waals surface area contributed by atoms with E-state index in [9.17, 15) is 4.79 Å². The van der Waals surface area contributed by atoms with Crippen molar-refractivity contribution in [2.45, 2.75) is 39.5 Å². The van der Waals surface area contributed by atoms with Crippen LogP contribution in [0.15, 0.2) is 0 Å². The van der Waals surface area contributed by atoms with Crippen LogP contribution in [0.5, 0.6) is 0 Å². The van der Waals surface area contributed by atoms with Crippen molar-refractivity contribution in [2.24, 2.45) is 5.92 Å². The predicted octanol–water partition coefficient (Wildman–Crippen LogP) is 1.22. The number of hydrogen-bond donors (Lipinski definition) is 2. The summed E-state index contributed by atoms with van der Waals surface area (Å²) in [6.07, 6.45) is 4.40. The van der Waals surface area contributed by atoms with Gasteiger partial charge in [-0.05, 0) is 58.3 Å². The molecule has 1 amide bonds. The standard InChI is InChI=1S/C14H29N3O/c1-3-8-15-12-13-5-9-17(10-6-13)11-7-14(18)16-4-2/h13,15H,3-12H2,1-2H3,(H,16,18). The molecular formula is C14H29N3O. The lowest BCUT2D eigenvalue weighted by Gasteiger charge is -2.31. The Hall–Kier alpha value is -0.610. The molecule has 0 atom stereocenters. The molecule has 4 heteroatoms. The van der Waals surface area contributed by atoms with Gasteiger partial charge >= 0.3 is 0 Å². The highest BCUT2D eigenvalue weighted by atomic mass is 16.1. The summed E-state index contributed by atoms with van der Waals surface area (Å²) in [6.45, 7) is 10.4. The first-order chi connectivity index (χ1) is 8.76. The maximum absolute atomic E-state index is 11.4. The number of nitrogens with one attached hydrogen (secondary N) is 2. The van der Waals surface area contributed by atoms with Crippen molar-refractivity contribution in [1.29, 1.82) is 0 Å². The second-order valence-corrected chi connectivity index (χ2v) is 5.19. The van der Waals surface area contributed by atoms with Gasteiger partial charge in [0.25, 0.3) is 0 Å². The highest BCUT2D eigenvalue weighted by Gasteiger charge is 2.18. The summed E-state index contributed by atoms with van der Waals surface area (Å²) in [5, 5.41) is 6.36. The van der Waals surface area contributed by atoms with E-state index in [1.807, 2.05) is 6.92 Å². The van der Waals surface area contributed by atoms with Crippen molar-refractivity contribution >= 4 is 5.91 Å². The van der Waals surface area contributed by atoms with Crippen LogP contribution in [-0.4, -0.2) is 50.1 Å². The van der Waals surface area contributed by atoms with Crippen LogP contribution in [0.25, 0.3) is 0 Å². The Morgan fingerprint density at radius 2 is 2.00 bits per heavy atom. The third-order valence-corrected chi connectivity index (χ3v) is 3.60.